The fraction of sp³-hybridized carbons (Fsp3) is 0.300. The van der Waals surface area contributed by atoms with Gasteiger partial charge in [0.05, 0.1) is 5.71 Å². The van der Waals surface area contributed by atoms with Crippen LogP contribution in [-0.4, -0.2) is 5.71 Å². The van der Waals surface area contributed by atoms with Gasteiger partial charge in [0.15, 0.2) is 0 Å². The topological polar surface area (TPSA) is 38.4 Å². The molecule has 2 nitrogen and oxygen atoms in total. The standard InChI is InChI=1S/C10H11BrN2/c1-6-4-8(11)5-7-2-3-9(13-12)10(6)7/h4-5H,2-3,12H2,1H3/b13-9-. The van der Waals surface area contributed by atoms with Crippen LogP contribution in [-0.2, 0) is 6.42 Å². The molecular formula is C10H11BrN2. The van der Waals surface area contributed by atoms with E-state index in [4.69, 9.17) is 5.84 Å². The number of aryl methyl sites for hydroxylation is 2. The van der Waals surface area contributed by atoms with Crippen molar-refractivity contribution in [1.29, 1.82) is 0 Å². The number of hydrazone groups is 1. The van der Waals surface area contributed by atoms with Crippen molar-refractivity contribution in [2.45, 2.75) is 19.8 Å². The van der Waals surface area contributed by atoms with Crippen molar-refractivity contribution in [3.05, 3.63) is 33.3 Å². The van der Waals surface area contributed by atoms with Crippen LogP contribution in [0.25, 0.3) is 0 Å². The third-order valence-electron chi connectivity index (χ3n) is 2.46. The highest BCUT2D eigenvalue weighted by Crippen LogP contribution is 2.28. The fourth-order valence-electron chi connectivity index (χ4n) is 1.93. The molecular weight excluding hydrogens is 228 g/mol. The second-order valence-electron chi connectivity index (χ2n) is 3.33. The number of nitrogens with two attached hydrogens (primary N) is 1. The van der Waals surface area contributed by atoms with Crippen molar-refractivity contribution < 1.29 is 0 Å². The molecule has 2 N–H and O–H groups in total. The summed E-state index contributed by atoms with van der Waals surface area (Å²) in [6, 6.07) is 4.26. The first-order valence-corrected chi connectivity index (χ1v) is 5.08. The Bertz CT molecular complexity index is 383. The molecule has 0 saturated carbocycles. The van der Waals surface area contributed by atoms with Crippen LogP contribution in [0.4, 0.5) is 0 Å². The number of nitrogens with zero attached hydrogens (tertiary/aromatic N) is 1. The second kappa shape index (κ2) is 3.14. The molecule has 13 heavy (non-hydrogen) atoms. The minimum atomic E-state index is 0.975. The highest BCUT2D eigenvalue weighted by Gasteiger charge is 2.19. The summed E-state index contributed by atoms with van der Waals surface area (Å²) in [5, 5.41) is 3.82. The number of hydrogen-bond donors (Lipinski definition) is 1. The van der Waals surface area contributed by atoms with Gasteiger partial charge in [0.25, 0.3) is 0 Å². The predicted octanol–water partition coefficient (Wildman–Crippen LogP) is 2.37. The number of halogens is 1. The molecule has 0 bridgehead atoms. The highest BCUT2D eigenvalue weighted by molar-refractivity contribution is 9.10. The van der Waals surface area contributed by atoms with Crippen LogP contribution in [0, 0.1) is 6.92 Å². The Balaban J connectivity index is 2.65. The lowest BCUT2D eigenvalue weighted by Gasteiger charge is -2.04. The van der Waals surface area contributed by atoms with E-state index in [2.05, 4.69) is 40.1 Å². The van der Waals surface area contributed by atoms with Crippen LogP contribution in [0.15, 0.2) is 21.7 Å². The van der Waals surface area contributed by atoms with E-state index in [0.29, 0.717) is 0 Å². The van der Waals surface area contributed by atoms with Gasteiger partial charge in [-0.15, -0.1) is 0 Å². The van der Waals surface area contributed by atoms with Crippen LogP contribution in [0.1, 0.15) is 23.1 Å². The zero-order valence-corrected chi connectivity index (χ0v) is 9.06. The van der Waals surface area contributed by atoms with Gasteiger partial charge in [-0.2, -0.15) is 5.10 Å². The summed E-state index contributed by atoms with van der Waals surface area (Å²) in [7, 11) is 0. The molecule has 1 aromatic rings. The molecule has 2 rings (SSSR count). The van der Waals surface area contributed by atoms with E-state index in [1.54, 1.807) is 0 Å². The molecule has 1 aromatic carbocycles. The van der Waals surface area contributed by atoms with Crippen LogP contribution in [0.2, 0.25) is 0 Å². The Morgan fingerprint density at radius 3 is 2.85 bits per heavy atom. The van der Waals surface area contributed by atoms with Crippen LogP contribution in [0.5, 0.6) is 0 Å². The van der Waals surface area contributed by atoms with Crippen molar-refractivity contribution in [3.8, 4) is 0 Å². The number of rotatable bonds is 0. The summed E-state index contributed by atoms with van der Waals surface area (Å²) >= 11 is 3.49. The van der Waals surface area contributed by atoms with Crippen molar-refractivity contribution in [3.63, 3.8) is 0 Å². The van der Waals surface area contributed by atoms with Gasteiger partial charge in [-0.05, 0) is 43.0 Å². The predicted molar refractivity (Wildman–Crippen MR) is 57.9 cm³/mol. The molecule has 3 heteroatoms. The maximum Gasteiger partial charge on any atom is 0.0681 e. The second-order valence-corrected chi connectivity index (χ2v) is 4.25. The minimum absolute atomic E-state index is 0.975. The van der Waals surface area contributed by atoms with Crippen LogP contribution < -0.4 is 5.84 Å². The van der Waals surface area contributed by atoms with E-state index in [1.807, 2.05) is 0 Å². The normalized spacial score (nSPS) is 17.8. The van der Waals surface area contributed by atoms with E-state index in [1.165, 1.54) is 16.7 Å². The Hall–Kier alpha value is -0.830. The summed E-state index contributed by atoms with van der Waals surface area (Å²) in [6.07, 6.45) is 2.04. The summed E-state index contributed by atoms with van der Waals surface area (Å²) in [5.41, 5.74) is 4.91. The Labute approximate surface area is 86.0 Å². The minimum Gasteiger partial charge on any atom is -0.323 e. The van der Waals surface area contributed by atoms with Crippen molar-refractivity contribution in [2.24, 2.45) is 10.9 Å². The molecule has 0 spiro atoms. The number of fused-ring (bicyclic) bond motifs is 1. The largest absolute Gasteiger partial charge is 0.323 e. The van der Waals surface area contributed by atoms with Gasteiger partial charge in [-0.3, -0.25) is 0 Å². The quantitative estimate of drug-likeness (QED) is 0.547. The zero-order valence-electron chi connectivity index (χ0n) is 7.47. The first kappa shape index (κ1) is 8.75. The molecule has 0 amide bonds. The van der Waals surface area contributed by atoms with Gasteiger partial charge in [-0.25, -0.2) is 0 Å². The fourth-order valence-corrected chi connectivity index (χ4v) is 2.55. The summed E-state index contributed by atoms with van der Waals surface area (Å²) in [6.45, 7) is 2.10. The van der Waals surface area contributed by atoms with Crippen LogP contribution >= 0.6 is 15.9 Å². The summed E-state index contributed by atoms with van der Waals surface area (Å²) in [5.74, 6) is 5.33. The van der Waals surface area contributed by atoms with E-state index in [-0.39, 0.29) is 0 Å². The Morgan fingerprint density at radius 2 is 2.15 bits per heavy atom. The lowest BCUT2D eigenvalue weighted by molar-refractivity contribution is 1.08. The third kappa shape index (κ3) is 1.37. The molecule has 0 fully saturated rings. The average molecular weight is 239 g/mol. The van der Waals surface area contributed by atoms with Gasteiger partial charge in [0, 0.05) is 10.0 Å². The Morgan fingerprint density at radius 1 is 1.38 bits per heavy atom. The zero-order chi connectivity index (χ0) is 9.42. The van der Waals surface area contributed by atoms with Gasteiger partial charge in [0.1, 0.15) is 0 Å². The Kier molecular flexibility index (Phi) is 2.12. The van der Waals surface area contributed by atoms with Gasteiger partial charge in [-0.1, -0.05) is 15.9 Å². The molecule has 0 aliphatic heterocycles. The molecule has 1 aliphatic carbocycles. The lowest BCUT2D eigenvalue weighted by Crippen LogP contribution is -2.01. The lowest BCUT2D eigenvalue weighted by atomic mass is 10.0. The summed E-state index contributed by atoms with van der Waals surface area (Å²) < 4.78 is 1.14. The van der Waals surface area contributed by atoms with Crippen molar-refractivity contribution in [2.75, 3.05) is 0 Å². The van der Waals surface area contributed by atoms with Crippen molar-refractivity contribution in [1.82, 2.24) is 0 Å². The first-order chi connectivity index (χ1) is 6.22. The molecule has 0 radical (unpaired) electrons. The van der Waals surface area contributed by atoms with Crippen molar-refractivity contribution >= 4 is 21.6 Å². The van der Waals surface area contributed by atoms with E-state index >= 15 is 0 Å². The first-order valence-electron chi connectivity index (χ1n) is 4.28. The molecule has 0 atom stereocenters. The van der Waals surface area contributed by atoms with E-state index in [9.17, 15) is 0 Å². The van der Waals surface area contributed by atoms with Gasteiger partial charge < -0.3 is 5.84 Å². The maximum atomic E-state index is 5.33. The average Bonchev–Trinajstić information content (AvgIpc) is 2.47. The molecule has 0 aromatic heterocycles. The smallest absolute Gasteiger partial charge is 0.0681 e. The third-order valence-corrected chi connectivity index (χ3v) is 2.92. The van der Waals surface area contributed by atoms with Gasteiger partial charge >= 0.3 is 0 Å². The SMILES string of the molecule is Cc1cc(Br)cc2c1/C(=N\N)CC2. The number of benzene rings is 1. The van der Waals surface area contributed by atoms with E-state index in [0.717, 1.165) is 23.0 Å². The van der Waals surface area contributed by atoms with Gasteiger partial charge in [0.2, 0.25) is 0 Å². The number of hydrogen-bond acceptors (Lipinski definition) is 2. The molecule has 68 valence electrons. The highest BCUT2D eigenvalue weighted by atomic mass is 79.9. The van der Waals surface area contributed by atoms with E-state index < -0.39 is 0 Å². The monoisotopic (exact) mass is 238 g/mol. The molecule has 1 aliphatic rings. The van der Waals surface area contributed by atoms with Crippen LogP contribution in [0.3, 0.4) is 0 Å². The summed E-state index contributed by atoms with van der Waals surface area (Å²) in [4.78, 5) is 0. The maximum absolute atomic E-state index is 5.33. The molecule has 0 saturated heterocycles. The molecule has 0 unspecified atom stereocenters. The molecule has 0 heterocycles.